The Hall–Kier alpha value is -2.87. The summed E-state index contributed by atoms with van der Waals surface area (Å²) in [6.07, 6.45) is 1.22. The van der Waals surface area contributed by atoms with Gasteiger partial charge < -0.3 is 5.11 Å². The smallest absolute Gasteiger partial charge is 0.167 e. The fraction of sp³-hybridized carbons (Fsp3) is 0.406. The quantitative estimate of drug-likeness (QED) is 0.396. The highest BCUT2D eigenvalue weighted by molar-refractivity contribution is 5.98. The second kappa shape index (κ2) is 9.41. The standard InChI is InChI=1S/C32H40O2/c1-20-15-21(2)26(22(3)25(20)16-23-13-11-10-12-14-23)19-29(33)24-17-27(31(4,5)6)30(34)28(18-24)32(7,8)9/h10-15,17-18,34H,16,19H2,1-9H3. The van der Waals surface area contributed by atoms with Crippen LogP contribution in [-0.4, -0.2) is 10.9 Å². The second-order valence-corrected chi connectivity index (χ2v) is 11.8. The van der Waals surface area contributed by atoms with Crippen molar-refractivity contribution in [2.45, 2.75) is 86.0 Å². The number of benzene rings is 3. The first-order valence-electron chi connectivity index (χ1n) is 12.2. The van der Waals surface area contributed by atoms with Crippen LogP contribution in [0.5, 0.6) is 5.75 Å². The van der Waals surface area contributed by atoms with E-state index in [1.54, 1.807) is 0 Å². The zero-order chi connectivity index (χ0) is 25.4. The van der Waals surface area contributed by atoms with Crippen LogP contribution >= 0.6 is 0 Å². The summed E-state index contributed by atoms with van der Waals surface area (Å²) in [6, 6.07) is 16.5. The molecule has 0 saturated heterocycles. The molecule has 0 radical (unpaired) electrons. The molecule has 3 aromatic rings. The van der Waals surface area contributed by atoms with Gasteiger partial charge in [-0.2, -0.15) is 0 Å². The lowest BCUT2D eigenvalue weighted by Gasteiger charge is -2.28. The molecule has 180 valence electrons. The number of hydrogen-bond acceptors (Lipinski definition) is 2. The number of phenols is 1. The molecule has 34 heavy (non-hydrogen) atoms. The van der Waals surface area contributed by atoms with E-state index in [2.05, 4.69) is 92.6 Å². The third-order valence-electron chi connectivity index (χ3n) is 6.90. The topological polar surface area (TPSA) is 37.3 Å². The van der Waals surface area contributed by atoms with Gasteiger partial charge >= 0.3 is 0 Å². The molecule has 2 heteroatoms. The van der Waals surface area contributed by atoms with Gasteiger partial charge in [0.2, 0.25) is 0 Å². The average molecular weight is 457 g/mol. The maximum absolute atomic E-state index is 13.7. The molecule has 0 atom stereocenters. The van der Waals surface area contributed by atoms with E-state index < -0.39 is 0 Å². The summed E-state index contributed by atoms with van der Waals surface area (Å²) >= 11 is 0. The molecule has 0 spiro atoms. The summed E-state index contributed by atoms with van der Waals surface area (Å²) in [7, 11) is 0. The van der Waals surface area contributed by atoms with Crippen LogP contribution in [0.4, 0.5) is 0 Å². The fourth-order valence-electron chi connectivity index (χ4n) is 4.82. The Morgan fingerprint density at radius 1 is 0.765 bits per heavy atom. The second-order valence-electron chi connectivity index (χ2n) is 11.8. The predicted molar refractivity (Wildman–Crippen MR) is 143 cm³/mol. The number of aromatic hydroxyl groups is 1. The van der Waals surface area contributed by atoms with E-state index in [-0.39, 0.29) is 16.6 Å². The molecule has 0 saturated carbocycles. The van der Waals surface area contributed by atoms with E-state index in [1.807, 2.05) is 18.2 Å². The van der Waals surface area contributed by atoms with E-state index in [4.69, 9.17) is 0 Å². The minimum atomic E-state index is -0.265. The average Bonchev–Trinajstić information content (AvgIpc) is 2.73. The molecule has 0 aromatic heterocycles. The van der Waals surface area contributed by atoms with Crippen molar-refractivity contribution in [2.24, 2.45) is 0 Å². The van der Waals surface area contributed by atoms with Gasteiger partial charge in [0.05, 0.1) is 0 Å². The van der Waals surface area contributed by atoms with Gasteiger partial charge in [0.25, 0.3) is 0 Å². The minimum Gasteiger partial charge on any atom is -0.507 e. The summed E-state index contributed by atoms with van der Waals surface area (Å²) in [5, 5.41) is 11.0. The van der Waals surface area contributed by atoms with Crippen molar-refractivity contribution in [2.75, 3.05) is 0 Å². The Bertz CT molecular complexity index is 1170. The highest BCUT2D eigenvalue weighted by Gasteiger charge is 2.28. The van der Waals surface area contributed by atoms with Crippen molar-refractivity contribution in [1.29, 1.82) is 0 Å². The monoisotopic (exact) mass is 456 g/mol. The summed E-state index contributed by atoms with van der Waals surface area (Å²) in [5.74, 6) is 0.404. The first kappa shape index (κ1) is 25.7. The lowest BCUT2D eigenvalue weighted by Crippen LogP contribution is -2.19. The number of phenolic OH excluding ortho intramolecular Hbond substituents is 1. The number of carbonyl (C=O) groups is 1. The van der Waals surface area contributed by atoms with Crippen LogP contribution in [0.2, 0.25) is 0 Å². The van der Waals surface area contributed by atoms with Gasteiger partial charge in [0, 0.05) is 23.1 Å². The number of ketones is 1. The van der Waals surface area contributed by atoms with E-state index in [1.165, 1.54) is 22.3 Å². The van der Waals surface area contributed by atoms with Crippen molar-refractivity contribution in [3.63, 3.8) is 0 Å². The van der Waals surface area contributed by atoms with E-state index in [9.17, 15) is 9.90 Å². The van der Waals surface area contributed by atoms with Gasteiger partial charge in [-0.05, 0) is 83.5 Å². The van der Waals surface area contributed by atoms with Crippen LogP contribution in [0.15, 0.2) is 48.5 Å². The molecule has 0 heterocycles. The van der Waals surface area contributed by atoms with Crippen LogP contribution in [-0.2, 0) is 23.7 Å². The SMILES string of the molecule is Cc1cc(C)c(Cc2ccccc2)c(C)c1CC(=O)c1cc(C(C)(C)C)c(O)c(C(C)(C)C)c1. The molecule has 0 aliphatic carbocycles. The number of carbonyl (C=O) groups excluding carboxylic acids is 1. The summed E-state index contributed by atoms with van der Waals surface area (Å²) in [5.41, 5.74) is 9.12. The van der Waals surface area contributed by atoms with Gasteiger partial charge in [-0.3, -0.25) is 4.79 Å². The third kappa shape index (κ3) is 5.43. The molecule has 0 aliphatic rings. The summed E-state index contributed by atoms with van der Waals surface area (Å²) < 4.78 is 0. The molecular formula is C32H40O2. The van der Waals surface area contributed by atoms with Crippen LogP contribution in [0, 0.1) is 20.8 Å². The van der Waals surface area contributed by atoms with Gasteiger partial charge in [-0.15, -0.1) is 0 Å². The number of hydrogen-bond donors (Lipinski definition) is 1. The number of aryl methyl sites for hydroxylation is 2. The Labute approximate surface area is 206 Å². The maximum atomic E-state index is 13.7. The van der Waals surface area contributed by atoms with Crippen LogP contribution in [0.3, 0.4) is 0 Å². The molecule has 0 amide bonds. The lowest BCUT2D eigenvalue weighted by atomic mass is 9.77. The zero-order valence-corrected chi connectivity index (χ0v) is 22.4. The van der Waals surface area contributed by atoms with Gasteiger partial charge in [0.1, 0.15) is 5.75 Å². The molecule has 0 bridgehead atoms. The molecule has 0 unspecified atom stereocenters. The van der Waals surface area contributed by atoms with Crippen LogP contribution in [0.1, 0.15) is 96.4 Å². The van der Waals surface area contributed by atoms with E-state index in [0.29, 0.717) is 17.7 Å². The van der Waals surface area contributed by atoms with Crippen LogP contribution < -0.4 is 0 Å². The largest absolute Gasteiger partial charge is 0.507 e. The van der Waals surface area contributed by atoms with E-state index >= 15 is 0 Å². The zero-order valence-electron chi connectivity index (χ0n) is 22.4. The maximum Gasteiger partial charge on any atom is 0.167 e. The predicted octanol–water partition coefficient (Wildman–Crippen LogP) is 7.93. The molecule has 3 aromatic carbocycles. The van der Waals surface area contributed by atoms with Crippen molar-refractivity contribution in [3.05, 3.63) is 98.6 Å². The number of rotatable bonds is 5. The fourth-order valence-corrected chi connectivity index (χ4v) is 4.82. The lowest BCUT2D eigenvalue weighted by molar-refractivity contribution is 0.0992. The summed E-state index contributed by atoms with van der Waals surface area (Å²) in [4.78, 5) is 13.7. The number of Topliss-reactive ketones (excluding diaryl/α,β-unsaturated/α-hetero) is 1. The molecule has 3 rings (SSSR count). The summed E-state index contributed by atoms with van der Waals surface area (Å²) in [6.45, 7) is 18.9. The highest BCUT2D eigenvalue weighted by atomic mass is 16.3. The Morgan fingerprint density at radius 3 is 1.76 bits per heavy atom. The van der Waals surface area contributed by atoms with Gasteiger partial charge in [0.15, 0.2) is 5.78 Å². The Balaban J connectivity index is 2.05. The van der Waals surface area contributed by atoms with E-state index in [0.717, 1.165) is 28.7 Å². The highest BCUT2D eigenvalue weighted by Crippen LogP contribution is 2.40. The molecule has 2 nitrogen and oxygen atoms in total. The van der Waals surface area contributed by atoms with Gasteiger partial charge in [-0.25, -0.2) is 0 Å². The van der Waals surface area contributed by atoms with Crippen molar-refractivity contribution in [1.82, 2.24) is 0 Å². The third-order valence-corrected chi connectivity index (χ3v) is 6.90. The molecular weight excluding hydrogens is 416 g/mol. The first-order chi connectivity index (χ1) is 15.7. The first-order valence-corrected chi connectivity index (χ1v) is 12.2. The normalized spacial score (nSPS) is 12.1. The van der Waals surface area contributed by atoms with Crippen LogP contribution in [0.25, 0.3) is 0 Å². The van der Waals surface area contributed by atoms with Crippen molar-refractivity contribution < 1.29 is 9.90 Å². The molecule has 0 fully saturated rings. The minimum absolute atomic E-state index is 0.0942. The molecule has 1 N–H and O–H groups in total. The Morgan fingerprint density at radius 2 is 1.26 bits per heavy atom. The van der Waals surface area contributed by atoms with Crippen molar-refractivity contribution >= 4 is 5.78 Å². The molecule has 0 aliphatic heterocycles. The van der Waals surface area contributed by atoms with Gasteiger partial charge in [-0.1, -0.05) is 77.9 Å². The Kier molecular flexibility index (Phi) is 7.12. The van der Waals surface area contributed by atoms with Crippen molar-refractivity contribution in [3.8, 4) is 5.75 Å².